The van der Waals surface area contributed by atoms with E-state index in [4.69, 9.17) is 23.2 Å². The molecule has 1 N–H and O–H groups in total. The van der Waals surface area contributed by atoms with Gasteiger partial charge in [-0.2, -0.15) is 0 Å². The first-order chi connectivity index (χ1) is 14.2. The number of aliphatic hydroxyl groups is 1. The molecule has 0 radical (unpaired) electrons. The number of benzene rings is 1. The molecule has 5 rings (SSSR count). The first kappa shape index (κ1) is 21.0. The Balaban J connectivity index is 1.46. The van der Waals surface area contributed by atoms with Crippen LogP contribution in [0.3, 0.4) is 0 Å². The molecule has 1 aromatic carbocycles. The predicted octanol–water partition coefficient (Wildman–Crippen LogP) is 6.96. The van der Waals surface area contributed by atoms with Gasteiger partial charge in [-0.05, 0) is 104 Å². The third-order valence-electron chi connectivity index (χ3n) is 9.59. The Hall–Kier alpha value is -0.830. The number of hydrogen-bond acceptors (Lipinski definition) is 2. The number of allylic oxidation sites excluding steroid dienone is 1. The van der Waals surface area contributed by atoms with Crippen LogP contribution in [0.2, 0.25) is 10.0 Å². The van der Waals surface area contributed by atoms with Gasteiger partial charge in [0.05, 0.1) is 16.1 Å². The summed E-state index contributed by atoms with van der Waals surface area (Å²) in [5.41, 5.74) is 1.87. The number of hydrogen-bond donors (Lipinski definition) is 1. The average Bonchev–Trinajstić information content (AvgIpc) is 2.97. The fraction of sp³-hybridized carbons (Fsp3) is 0.654. The molecule has 0 spiro atoms. The van der Waals surface area contributed by atoms with Crippen molar-refractivity contribution in [2.75, 3.05) is 0 Å². The quantitative estimate of drug-likeness (QED) is 0.473. The molecule has 4 aliphatic rings. The Kier molecular flexibility index (Phi) is 5.16. The molecule has 0 heterocycles. The van der Waals surface area contributed by atoms with Crippen molar-refractivity contribution in [2.45, 2.75) is 71.3 Å². The minimum atomic E-state index is -0.241. The number of rotatable bonds is 1. The van der Waals surface area contributed by atoms with E-state index in [0.717, 1.165) is 49.7 Å². The number of fused-ring (bicyclic) bond motifs is 5. The molecule has 0 aromatic heterocycles. The van der Waals surface area contributed by atoms with Crippen molar-refractivity contribution in [3.05, 3.63) is 39.4 Å². The third kappa shape index (κ3) is 3.05. The largest absolute Gasteiger partial charge is 0.393 e. The van der Waals surface area contributed by atoms with Gasteiger partial charge in [0.2, 0.25) is 0 Å². The Morgan fingerprint density at radius 1 is 1.07 bits per heavy atom. The molecule has 4 saturated carbocycles. The molecule has 30 heavy (non-hydrogen) atoms. The number of Topliss-reactive ketones (excluding diaryl/α,β-unsaturated/α-hetero) is 1. The summed E-state index contributed by atoms with van der Waals surface area (Å²) < 4.78 is 0. The van der Waals surface area contributed by atoms with Gasteiger partial charge in [-0.25, -0.2) is 0 Å². The van der Waals surface area contributed by atoms with Gasteiger partial charge < -0.3 is 5.11 Å². The maximum Gasteiger partial charge on any atom is 0.165 e. The molecule has 0 bridgehead atoms. The van der Waals surface area contributed by atoms with Crippen LogP contribution in [-0.2, 0) is 4.79 Å². The van der Waals surface area contributed by atoms with Crippen molar-refractivity contribution < 1.29 is 9.90 Å². The summed E-state index contributed by atoms with van der Waals surface area (Å²) >= 11 is 12.6. The van der Waals surface area contributed by atoms with Crippen LogP contribution in [0.15, 0.2) is 23.8 Å². The second-order valence-corrected chi connectivity index (χ2v) is 11.7. The number of aliphatic hydroxyl groups excluding tert-OH is 1. The first-order valence-electron chi connectivity index (χ1n) is 11.6. The maximum absolute atomic E-state index is 13.6. The van der Waals surface area contributed by atoms with Crippen molar-refractivity contribution in [2.24, 2.45) is 34.5 Å². The van der Waals surface area contributed by atoms with E-state index in [1.807, 2.05) is 18.2 Å². The molecule has 0 unspecified atom stereocenters. The van der Waals surface area contributed by atoms with Crippen LogP contribution < -0.4 is 0 Å². The second kappa shape index (κ2) is 7.36. The van der Waals surface area contributed by atoms with E-state index in [1.54, 1.807) is 6.07 Å². The molecular weight excluding hydrogens is 415 g/mol. The van der Waals surface area contributed by atoms with Crippen LogP contribution in [-0.4, -0.2) is 17.0 Å². The standard InChI is InChI=1S/C26H32Cl2O2/c1-25-10-8-18(29)14-17(25)6-7-19-20(25)9-11-26(2)21(19)13-16(24(26)30)12-15-4-3-5-22(27)23(15)28/h3-5,12,17-21,29H,6-11,13-14H2,1-2H3/b16-12+/t17-,18-,19+,20-,21-,25-,26-/m0/s1. The van der Waals surface area contributed by atoms with Gasteiger partial charge in [-0.15, -0.1) is 0 Å². The number of carbonyl (C=O) groups excluding carboxylic acids is 1. The van der Waals surface area contributed by atoms with Crippen LogP contribution in [0, 0.1) is 34.5 Å². The van der Waals surface area contributed by atoms with Gasteiger partial charge in [0, 0.05) is 5.41 Å². The molecule has 4 heteroatoms. The lowest BCUT2D eigenvalue weighted by atomic mass is 9.45. The normalized spacial score (nSPS) is 44.5. The first-order valence-corrected chi connectivity index (χ1v) is 12.4. The fourth-order valence-electron chi connectivity index (χ4n) is 7.85. The van der Waals surface area contributed by atoms with Crippen LogP contribution in [0.1, 0.15) is 70.8 Å². The Bertz CT molecular complexity index is 908. The van der Waals surface area contributed by atoms with Gasteiger partial charge in [-0.1, -0.05) is 49.2 Å². The van der Waals surface area contributed by atoms with E-state index in [1.165, 1.54) is 12.8 Å². The summed E-state index contributed by atoms with van der Waals surface area (Å²) in [6.45, 7) is 4.71. The average molecular weight is 447 g/mol. The highest BCUT2D eigenvalue weighted by Crippen LogP contribution is 2.66. The summed E-state index contributed by atoms with van der Waals surface area (Å²) in [5.74, 6) is 2.70. The Morgan fingerprint density at radius 3 is 2.67 bits per heavy atom. The highest BCUT2D eigenvalue weighted by molar-refractivity contribution is 6.43. The van der Waals surface area contributed by atoms with E-state index < -0.39 is 0 Å². The molecule has 7 atom stereocenters. The molecule has 1 aromatic rings. The molecule has 4 aliphatic carbocycles. The smallest absolute Gasteiger partial charge is 0.165 e. The van der Waals surface area contributed by atoms with Gasteiger partial charge >= 0.3 is 0 Å². The van der Waals surface area contributed by atoms with E-state index in [2.05, 4.69) is 13.8 Å². The number of carbonyl (C=O) groups is 1. The zero-order chi connectivity index (χ0) is 21.3. The third-order valence-corrected chi connectivity index (χ3v) is 10.4. The van der Waals surface area contributed by atoms with E-state index in [9.17, 15) is 9.90 Å². The van der Waals surface area contributed by atoms with Crippen LogP contribution in [0.4, 0.5) is 0 Å². The number of halogens is 2. The summed E-state index contributed by atoms with van der Waals surface area (Å²) in [6.07, 6.45) is 10.3. The fourth-order valence-corrected chi connectivity index (χ4v) is 8.22. The summed E-state index contributed by atoms with van der Waals surface area (Å²) in [6, 6.07) is 5.62. The van der Waals surface area contributed by atoms with E-state index in [-0.39, 0.29) is 11.5 Å². The molecule has 0 amide bonds. The minimum absolute atomic E-state index is 0.112. The van der Waals surface area contributed by atoms with Crippen LogP contribution >= 0.6 is 23.2 Å². The Labute approximate surface area is 190 Å². The predicted molar refractivity (Wildman–Crippen MR) is 123 cm³/mol. The molecule has 0 saturated heterocycles. The lowest BCUT2D eigenvalue weighted by Crippen LogP contribution is -2.54. The molecule has 2 nitrogen and oxygen atoms in total. The Morgan fingerprint density at radius 2 is 1.87 bits per heavy atom. The molecule has 4 fully saturated rings. The van der Waals surface area contributed by atoms with Gasteiger partial charge in [0.25, 0.3) is 0 Å². The van der Waals surface area contributed by atoms with Gasteiger partial charge in [-0.3, -0.25) is 4.79 Å². The monoisotopic (exact) mass is 446 g/mol. The number of ketones is 1. The minimum Gasteiger partial charge on any atom is -0.393 e. The summed E-state index contributed by atoms with van der Waals surface area (Å²) in [7, 11) is 0. The highest BCUT2D eigenvalue weighted by atomic mass is 35.5. The molecular formula is C26H32Cl2O2. The lowest BCUT2D eigenvalue weighted by Gasteiger charge is -2.59. The van der Waals surface area contributed by atoms with Crippen LogP contribution in [0.25, 0.3) is 6.08 Å². The van der Waals surface area contributed by atoms with Crippen molar-refractivity contribution in [1.29, 1.82) is 0 Å². The molecule has 162 valence electrons. The highest BCUT2D eigenvalue weighted by Gasteiger charge is 2.61. The lowest BCUT2D eigenvalue weighted by molar-refractivity contribution is -0.141. The SMILES string of the molecule is C[C@]12CC[C@H](O)C[C@@H]1CC[C@@H]1[C@@H]2CC[C@]2(C)C(=O)/C(=C/c3cccc(Cl)c3Cl)C[C@@H]12. The van der Waals surface area contributed by atoms with Crippen molar-refractivity contribution in [3.8, 4) is 0 Å². The van der Waals surface area contributed by atoms with Crippen molar-refractivity contribution in [1.82, 2.24) is 0 Å². The van der Waals surface area contributed by atoms with Gasteiger partial charge in [0.15, 0.2) is 5.78 Å². The van der Waals surface area contributed by atoms with E-state index in [0.29, 0.717) is 44.9 Å². The topological polar surface area (TPSA) is 37.3 Å². The zero-order valence-corrected chi connectivity index (χ0v) is 19.5. The van der Waals surface area contributed by atoms with E-state index >= 15 is 0 Å². The second-order valence-electron chi connectivity index (χ2n) is 10.9. The maximum atomic E-state index is 13.6. The molecule has 0 aliphatic heterocycles. The van der Waals surface area contributed by atoms with Crippen molar-refractivity contribution in [3.63, 3.8) is 0 Å². The van der Waals surface area contributed by atoms with Crippen molar-refractivity contribution >= 4 is 35.1 Å². The van der Waals surface area contributed by atoms with Crippen LogP contribution in [0.5, 0.6) is 0 Å². The van der Waals surface area contributed by atoms with Gasteiger partial charge in [0.1, 0.15) is 0 Å². The zero-order valence-electron chi connectivity index (χ0n) is 18.0. The summed E-state index contributed by atoms with van der Waals surface area (Å²) in [5, 5.41) is 11.3. The summed E-state index contributed by atoms with van der Waals surface area (Å²) in [4.78, 5) is 13.6.